The molecule has 1 aromatic carbocycles. The molecule has 1 N–H and O–H groups in total. The van der Waals surface area contributed by atoms with E-state index in [1.165, 1.54) is 0 Å². The molecule has 0 aromatic heterocycles. The minimum absolute atomic E-state index is 0.155. The lowest BCUT2D eigenvalue weighted by molar-refractivity contribution is 0.373. The highest BCUT2D eigenvalue weighted by molar-refractivity contribution is 6.00. The van der Waals surface area contributed by atoms with Crippen molar-refractivity contribution in [3.05, 3.63) is 23.8 Å². The maximum Gasteiger partial charge on any atom is 0.161 e. The van der Waals surface area contributed by atoms with Crippen molar-refractivity contribution in [1.29, 1.82) is 0 Å². The van der Waals surface area contributed by atoms with Gasteiger partial charge in [0.05, 0.1) is 13.7 Å². The highest BCUT2D eigenvalue weighted by Crippen LogP contribution is 2.27. The minimum Gasteiger partial charge on any atom is -0.504 e. The average molecular weight is 206 g/mol. The SMILES string of the molecule is COc1cc(C2=NCCN2C)ccc1O. The molecule has 4 nitrogen and oxygen atoms in total. The van der Waals surface area contributed by atoms with Gasteiger partial charge in [-0.3, -0.25) is 4.99 Å². The summed E-state index contributed by atoms with van der Waals surface area (Å²) in [5.74, 6) is 1.59. The first-order chi connectivity index (χ1) is 7.22. The quantitative estimate of drug-likeness (QED) is 0.788. The number of benzene rings is 1. The molecule has 4 heteroatoms. The minimum atomic E-state index is 0.155. The van der Waals surface area contributed by atoms with Crippen LogP contribution in [0.4, 0.5) is 0 Å². The Labute approximate surface area is 88.8 Å². The first-order valence-electron chi connectivity index (χ1n) is 4.85. The summed E-state index contributed by atoms with van der Waals surface area (Å²) < 4.78 is 5.06. The summed E-state index contributed by atoms with van der Waals surface area (Å²) in [7, 11) is 3.55. The van der Waals surface area contributed by atoms with E-state index in [-0.39, 0.29) is 5.75 Å². The van der Waals surface area contributed by atoms with E-state index in [9.17, 15) is 5.11 Å². The summed E-state index contributed by atoms with van der Waals surface area (Å²) in [5.41, 5.74) is 0.977. The van der Waals surface area contributed by atoms with Crippen molar-refractivity contribution >= 4 is 5.84 Å². The third kappa shape index (κ3) is 1.75. The largest absolute Gasteiger partial charge is 0.504 e. The van der Waals surface area contributed by atoms with E-state index in [0.717, 1.165) is 24.5 Å². The summed E-state index contributed by atoms with van der Waals surface area (Å²) in [4.78, 5) is 6.49. The van der Waals surface area contributed by atoms with Gasteiger partial charge in [0.2, 0.25) is 0 Å². The van der Waals surface area contributed by atoms with Crippen LogP contribution in [0.25, 0.3) is 0 Å². The van der Waals surface area contributed by atoms with Crippen molar-refractivity contribution in [3.63, 3.8) is 0 Å². The third-order valence-corrected chi connectivity index (χ3v) is 2.50. The van der Waals surface area contributed by atoms with Gasteiger partial charge in [0.1, 0.15) is 5.84 Å². The molecule has 0 bridgehead atoms. The van der Waals surface area contributed by atoms with E-state index < -0.39 is 0 Å². The van der Waals surface area contributed by atoms with E-state index in [2.05, 4.69) is 9.89 Å². The molecule has 0 aliphatic carbocycles. The zero-order chi connectivity index (χ0) is 10.8. The Morgan fingerprint density at radius 2 is 2.27 bits per heavy atom. The van der Waals surface area contributed by atoms with E-state index in [1.807, 2.05) is 13.1 Å². The molecule has 0 unspecified atom stereocenters. The summed E-state index contributed by atoms with van der Waals surface area (Å²) in [6, 6.07) is 5.28. The van der Waals surface area contributed by atoms with Gasteiger partial charge < -0.3 is 14.7 Å². The maximum atomic E-state index is 9.47. The molecule has 0 atom stereocenters. The zero-order valence-corrected chi connectivity index (χ0v) is 8.90. The highest BCUT2D eigenvalue weighted by atomic mass is 16.5. The Hall–Kier alpha value is -1.71. The number of rotatable bonds is 2. The van der Waals surface area contributed by atoms with Crippen LogP contribution in [0.15, 0.2) is 23.2 Å². The number of methoxy groups -OCH3 is 1. The van der Waals surface area contributed by atoms with E-state index in [4.69, 9.17) is 4.74 Å². The number of likely N-dealkylation sites (N-methyl/N-ethyl adjacent to an activating group) is 1. The topological polar surface area (TPSA) is 45.1 Å². The highest BCUT2D eigenvalue weighted by Gasteiger charge is 2.15. The molecule has 0 amide bonds. The molecule has 1 aromatic rings. The number of aromatic hydroxyl groups is 1. The van der Waals surface area contributed by atoms with Gasteiger partial charge >= 0.3 is 0 Å². The molecule has 80 valence electrons. The fraction of sp³-hybridized carbons (Fsp3) is 0.364. The number of phenolic OH excluding ortho intramolecular Hbond substituents is 1. The Kier molecular flexibility index (Phi) is 2.49. The monoisotopic (exact) mass is 206 g/mol. The summed E-state index contributed by atoms with van der Waals surface area (Å²) in [6.45, 7) is 1.77. The summed E-state index contributed by atoms with van der Waals surface area (Å²) in [6.07, 6.45) is 0. The van der Waals surface area contributed by atoms with Crippen LogP contribution in [0.5, 0.6) is 11.5 Å². The van der Waals surface area contributed by atoms with Crippen LogP contribution in [0.3, 0.4) is 0 Å². The first kappa shape index (κ1) is 9.83. The predicted octanol–water partition coefficient (Wildman–Crippen LogP) is 1.09. The number of nitrogens with zero attached hydrogens (tertiary/aromatic N) is 2. The molecule has 2 rings (SSSR count). The lowest BCUT2D eigenvalue weighted by Crippen LogP contribution is -2.23. The van der Waals surface area contributed by atoms with Crippen LogP contribution in [0.2, 0.25) is 0 Å². The van der Waals surface area contributed by atoms with Gasteiger partial charge in [-0.05, 0) is 18.2 Å². The molecule has 0 radical (unpaired) electrons. The van der Waals surface area contributed by atoms with Gasteiger partial charge in [-0.25, -0.2) is 0 Å². The van der Waals surface area contributed by atoms with Crippen molar-refractivity contribution in [3.8, 4) is 11.5 Å². The predicted molar refractivity (Wildman–Crippen MR) is 58.7 cm³/mol. The standard InChI is InChI=1S/C11H14N2O2/c1-13-6-5-12-11(13)8-3-4-9(14)10(7-8)15-2/h3-4,7,14H,5-6H2,1-2H3. The number of amidine groups is 1. The molecule has 1 aliphatic rings. The van der Waals surface area contributed by atoms with Crippen molar-refractivity contribution in [2.45, 2.75) is 0 Å². The van der Waals surface area contributed by atoms with Crippen LogP contribution in [-0.4, -0.2) is 43.1 Å². The second kappa shape index (κ2) is 3.81. The van der Waals surface area contributed by atoms with Crippen LogP contribution < -0.4 is 4.74 Å². The Morgan fingerprint density at radius 1 is 1.47 bits per heavy atom. The third-order valence-electron chi connectivity index (χ3n) is 2.50. The molecular weight excluding hydrogens is 192 g/mol. The first-order valence-corrected chi connectivity index (χ1v) is 4.85. The number of aliphatic imine (C=N–C) groups is 1. The van der Waals surface area contributed by atoms with Gasteiger partial charge in [-0.2, -0.15) is 0 Å². The second-order valence-corrected chi connectivity index (χ2v) is 3.51. The zero-order valence-electron chi connectivity index (χ0n) is 8.90. The van der Waals surface area contributed by atoms with Gasteiger partial charge in [0.25, 0.3) is 0 Å². The smallest absolute Gasteiger partial charge is 0.161 e. The number of ether oxygens (including phenoxy) is 1. The molecule has 0 saturated carbocycles. The van der Waals surface area contributed by atoms with Crippen molar-refractivity contribution in [1.82, 2.24) is 4.90 Å². The van der Waals surface area contributed by atoms with Gasteiger partial charge in [0.15, 0.2) is 11.5 Å². The van der Waals surface area contributed by atoms with Crippen molar-refractivity contribution in [2.75, 3.05) is 27.2 Å². The molecule has 15 heavy (non-hydrogen) atoms. The van der Waals surface area contributed by atoms with Crippen LogP contribution in [0, 0.1) is 0 Å². The normalized spacial score (nSPS) is 15.3. The Morgan fingerprint density at radius 3 is 2.87 bits per heavy atom. The van der Waals surface area contributed by atoms with Gasteiger partial charge in [-0.1, -0.05) is 0 Å². The molecule has 1 heterocycles. The molecule has 0 fully saturated rings. The molecule has 0 saturated heterocycles. The van der Waals surface area contributed by atoms with Gasteiger partial charge in [-0.15, -0.1) is 0 Å². The lowest BCUT2D eigenvalue weighted by Gasteiger charge is -2.14. The average Bonchev–Trinajstić information content (AvgIpc) is 2.65. The second-order valence-electron chi connectivity index (χ2n) is 3.51. The number of hydrogen-bond donors (Lipinski definition) is 1. The van der Waals surface area contributed by atoms with E-state index in [1.54, 1.807) is 19.2 Å². The number of hydrogen-bond acceptors (Lipinski definition) is 4. The van der Waals surface area contributed by atoms with E-state index >= 15 is 0 Å². The van der Waals surface area contributed by atoms with Crippen molar-refractivity contribution < 1.29 is 9.84 Å². The summed E-state index contributed by atoms with van der Waals surface area (Å²) in [5, 5.41) is 9.47. The van der Waals surface area contributed by atoms with Gasteiger partial charge in [0, 0.05) is 19.2 Å². The molecule has 0 spiro atoms. The van der Waals surface area contributed by atoms with Crippen molar-refractivity contribution in [2.24, 2.45) is 4.99 Å². The molecule has 1 aliphatic heterocycles. The lowest BCUT2D eigenvalue weighted by atomic mass is 10.2. The van der Waals surface area contributed by atoms with E-state index in [0.29, 0.717) is 5.75 Å². The number of phenols is 1. The fourth-order valence-electron chi connectivity index (χ4n) is 1.66. The Balaban J connectivity index is 2.37. The molecular formula is C11H14N2O2. The summed E-state index contributed by atoms with van der Waals surface area (Å²) >= 11 is 0. The van der Waals surface area contributed by atoms with Crippen LogP contribution in [0.1, 0.15) is 5.56 Å². The Bertz CT molecular complexity index is 402. The maximum absolute atomic E-state index is 9.47. The van der Waals surface area contributed by atoms with Crippen LogP contribution in [-0.2, 0) is 0 Å². The fourth-order valence-corrected chi connectivity index (χ4v) is 1.66. The van der Waals surface area contributed by atoms with Crippen LogP contribution >= 0.6 is 0 Å².